The third kappa shape index (κ3) is 5.13. The molecule has 5 rings (SSSR count). The number of carbonyl (C=O) groups is 1. The molecule has 1 aliphatic carbocycles. The zero-order valence-corrected chi connectivity index (χ0v) is 20.8. The van der Waals surface area contributed by atoms with Gasteiger partial charge in [-0.05, 0) is 97.5 Å². The molecule has 6 heteroatoms. The molecule has 1 aromatic heterocycles. The monoisotopic (exact) mass is 485 g/mol. The van der Waals surface area contributed by atoms with Gasteiger partial charge in [-0.3, -0.25) is 4.79 Å². The number of nitrogens with zero attached hydrogens (tertiary/aromatic N) is 1. The summed E-state index contributed by atoms with van der Waals surface area (Å²) in [5, 5.41) is 3.10. The van der Waals surface area contributed by atoms with Crippen LogP contribution in [0.1, 0.15) is 72.9 Å². The van der Waals surface area contributed by atoms with Crippen molar-refractivity contribution >= 4 is 22.7 Å². The highest BCUT2D eigenvalue weighted by Crippen LogP contribution is 2.36. The number of nitrogens with two attached hydrogens (primary N) is 1. The van der Waals surface area contributed by atoms with Crippen LogP contribution in [0.4, 0.5) is 10.1 Å². The van der Waals surface area contributed by atoms with E-state index in [1.54, 1.807) is 0 Å². The third-order valence-electron chi connectivity index (χ3n) is 7.30. The third-order valence-corrected chi connectivity index (χ3v) is 7.30. The molecule has 0 aliphatic heterocycles. The Morgan fingerprint density at radius 1 is 1.06 bits per heavy atom. The minimum absolute atomic E-state index is 0.0744. The van der Waals surface area contributed by atoms with Crippen molar-refractivity contribution in [3.05, 3.63) is 83.2 Å². The molecule has 0 spiro atoms. The van der Waals surface area contributed by atoms with E-state index in [1.807, 2.05) is 48.5 Å². The molecule has 3 N–H and O–H groups in total. The van der Waals surface area contributed by atoms with Gasteiger partial charge in [-0.1, -0.05) is 26.0 Å². The average Bonchev–Trinajstić information content (AvgIpc) is 3.31. The minimum atomic E-state index is -0.192. The number of aromatic nitrogens is 1. The zero-order chi connectivity index (χ0) is 25.2. The molecule has 0 atom stereocenters. The van der Waals surface area contributed by atoms with Gasteiger partial charge in [0.05, 0.1) is 0 Å². The molecule has 1 amide bonds. The topological polar surface area (TPSA) is 81.1 Å². The summed E-state index contributed by atoms with van der Waals surface area (Å²) in [6.45, 7) is 4.86. The number of benzene rings is 3. The molecular formula is C30H32FN3O2. The van der Waals surface area contributed by atoms with Gasteiger partial charge in [0.15, 0.2) is 5.58 Å². The lowest BCUT2D eigenvalue weighted by Crippen LogP contribution is -2.31. The number of anilines is 1. The number of nitrogen functional groups attached to an aromatic ring is 1. The molecule has 0 radical (unpaired) electrons. The SMILES string of the molecule is CC(C)c1cc(N)cc2nc(-c3ccc(C(=O)NCC4CCC(c5ccc(F)cc5)CC4)cc3)oc12. The van der Waals surface area contributed by atoms with Crippen LogP contribution in [-0.2, 0) is 0 Å². The Labute approximate surface area is 210 Å². The summed E-state index contributed by atoms with van der Waals surface area (Å²) in [5.41, 5.74) is 11.9. The highest BCUT2D eigenvalue weighted by Gasteiger charge is 2.23. The van der Waals surface area contributed by atoms with E-state index in [0.717, 1.165) is 47.9 Å². The van der Waals surface area contributed by atoms with E-state index in [1.165, 1.54) is 17.7 Å². The Balaban J connectivity index is 1.18. The molecule has 3 aromatic carbocycles. The first-order valence-corrected chi connectivity index (χ1v) is 12.7. The van der Waals surface area contributed by atoms with Crippen LogP contribution in [0.5, 0.6) is 0 Å². The largest absolute Gasteiger partial charge is 0.436 e. The van der Waals surface area contributed by atoms with Crippen LogP contribution in [0.3, 0.4) is 0 Å². The Bertz CT molecular complexity index is 1350. The summed E-state index contributed by atoms with van der Waals surface area (Å²) < 4.78 is 19.3. The fourth-order valence-electron chi connectivity index (χ4n) is 5.17. The van der Waals surface area contributed by atoms with Gasteiger partial charge in [-0.2, -0.15) is 0 Å². The maximum Gasteiger partial charge on any atom is 0.251 e. The van der Waals surface area contributed by atoms with Crippen molar-refractivity contribution in [3.63, 3.8) is 0 Å². The van der Waals surface area contributed by atoms with Gasteiger partial charge < -0.3 is 15.5 Å². The van der Waals surface area contributed by atoms with Gasteiger partial charge in [-0.25, -0.2) is 9.37 Å². The maximum atomic E-state index is 13.2. The van der Waals surface area contributed by atoms with Crippen molar-refractivity contribution in [2.45, 2.75) is 51.4 Å². The molecular weight excluding hydrogens is 453 g/mol. The van der Waals surface area contributed by atoms with E-state index in [4.69, 9.17) is 10.2 Å². The summed E-state index contributed by atoms with van der Waals surface area (Å²) in [6.07, 6.45) is 4.24. The molecule has 4 aromatic rings. The lowest BCUT2D eigenvalue weighted by atomic mass is 9.78. The van der Waals surface area contributed by atoms with Gasteiger partial charge in [-0.15, -0.1) is 0 Å². The molecule has 0 unspecified atom stereocenters. The summed E-state index contributed by atoms with van der Waals surface area (Å²) in [5.74, 6) is 1.46. The number of hydrogen-bond acceptors (Lipinski definition) is 4. The Morgan fingerprint density at radius 3 is 2.42 bits per heavy atom. The average molecular weight is 486 g/mol. The van der Waals surface area contributed by atoms with E-state index in [-0.39, 0.29) is 17.6 Å². The van der Waals surface area contributed by atoms with Crippen LogP contribution in [0.15, 0.2) is 65.1 Å². The number of rotatable bonds is 6. The van der Waals surface area contributed by atoms with Crippen LogP contribution in [0, 0.1) is 11.7 Å². The molecule has 1 aliphatic rings. The minimum Gasteiger partial charge on any atom is -0.436 e. The molecule has 186 valence electrons. The molecule has 36 heavy (non-hydrogen) atoms. The zero-order valence-electron chi connectivity index (χ0n) is 20.8. The van der Waals surface area contributed by atoms with Crippen LogP contribution in [0.25, 0.3) is 22.6 Å². The van der Waals surface area contributed by atoms with Gasteiger partial charge >= 0.3 is 0 Å². The number of hydrogen-bond donors (Lipinski definition) is 2. The van der Waals surface area contributed by atoms with Crippen LogP contribution in [-0.4, -0.2) is 17.4 Å². The van der Waals surface area contributed by atoms with E-state index < -0.39 is 0 Å². The van der Waals surface area contributed by atoms with E-state index in [9.17, 15) is 9.18 Å². The number of nitrogens with one attached hydrogen (secondary N) is 1. The molecule has 0 saturated heterocycles. The predicted molar refractivity (Wildman–Crippen MR) is 141 cm³/mol. The van der Waals surface area contributed by atoms with E-state index >= 15 is 0 Å². The highest BCUT2D eigenvalue weighted by atomic mass is 19.1. The number of carbonyl (C=O) groups excluding carboxylic acids is 1. The highest BCUT2D eigenvalue weighted by molar-refractivity contribution is 5.94. The first kappa shape index (κ1) is 24.0. The van der Waals surface area contributed by atoms with Crippen LogP contribution >= 0.6 is 0 Å². The lowest BCUT2D eigenvalue weighted by molar-refractivity contribution is 0.0943. The smallest absolute Gasteiger partial charge is 0.251 e. The summed E-state index contributed by atoms with van der Waals surface area (Å²) in [6, 6.07) is 18.0. The van der Waals surface area contributed by atoms with Crippen molar-refractivity contribution in [1.29, 1.82) is 0 Å². The fourth-order valence-corrected chi connectivity index (χ4v) is 5.17. The van der Waals surface area contributed by atoms with Crippen molar-refractivity contribution in [2.24, 2.45) is 5.92 Å². The number of halogens is 1. The molecule has 5 nitrogen and oxygen atoms in total. The summed E-state index contributed by atoms with van der Waals surface area (Å²) in [4.78, 5) is 17.4. The van der Waals surface area contributed by atoms with Crippen molar-refractivity contribution in [2.75, 3.05) is 12.3 Å². The van der Waals surface area contributed by atoms with Gasteiger partial charge in [0.25, 0.3) is 5.91 Å². The maximum absolute atomic E-state index is 13.2. The van der Waals surface area contributed by atoms with Crippen LogP contribution in [0.2, 0.25) is 0 Å². The Kier molecular flexibility index (Phi) is 6.77. The first-order chi connectivity index (χ1) is 17.4. The van der Waals surface area contributed by atoms with Gasteiger partial charge in [0, 0.05) is 28.9 Å². The number of amides is 1. The standard InChI is InChI=1S/C30H32FN3O2/c1-18(2)26-15-25(32)16-27-28(26)36-30(34-27)23-9-7-22(8-10-23)29(35)33-17-19-3-5-20(6-4-19)21-11-13-24(31)14-12-21/h7-16,18-20H,3-6,17,32H2,1-2H3,(H,33,35). The van der Waals surface area contributed by atoms with E-state index in [2.05, 4.69) is 24.1 Å². The lowest BCUT2D eigenvalue weighted by Gasteiger charge is -2.29. The van der Waals surface area contributed by atoms with Gasteiger partial charge in [0.2, 0.25) is 5.89 Å². The van der Waals surface area contributed by atoms with Crippen molar-refractivity contribution < 1.29 is 13.6 Å². The van der Waals surface area contributed by atoms with Gasteiger partial charge in [0.1, 0.15) is 11.3 Å². The number of fused-ring (bicyclic) bond motifs is 1. The Hall–Kier alpha value is -3.67. The molecule has 0 bridgehead atoms. The molecule has 1 fully saturated rings. The normalized spacial score (nSPS) is 18.0. The second kappa shape index (κ2) is 10.1. The second-order valence-corrected chi connectivity index (χ2v) is 10.2. The van der Waals surface area contributed by atoms with E-state index in [0.29, 0.717) is 35.5 Å². The van der Waals surface area contributed by atoms with Crippen LogP contribution < -0.4 is 11.1 Å². The second-order valence-electron chi connectivity index (χ2n) is 10.2. The Morgan fingerprint density at radius 2 is 1.75 bits per heavy atom. The van der Waals surface area contributed by atoms with Crippen molar-refractivity contribution in [3.8, 4) is 11.5 Å². The summed E-state index contributed by atoms with van der Waals surface area (Å²) in [7, 11) is 0. The van der Waals surface area contributed by atoms with Crippen molar-refractivity contribution in [1.82, 2.24) is 10.3 Å². The molecule has 1 saturated carbocycles. The summed E-state index contributed by atoms with van der Waals surface area (Å²) >= 11 is 0. The fraction of sp³-hybridized carbons (Fsp3) is 0.333. The predicted octanol–water partition coefficient (Wildman–Crippen LogP) is 7.04. The quantitative estimate of drug-likeness (QED) is 0.287. The first-order valence-electron chi connectivity index (χ1n) is 12.7. The molecule has 1 heterocycles. The number of oxazole rings is 1.